The first-order valence-corrected chi connectivity index (χ1v) is 26.2. The van der Waals surface area contributed by atoms with Gasteiger partial charge in [-0.2, -0.15) is 0 Å². The molecule has 0 bridgehead atoms. The minimum Gasteiger partial charge on any atom is -0.457 e. The van der Waals surface area contributed by atoms with Crippen LogP contribution in [-0.4, -0.2) is 16.2 Å². The Hall–Kier alpha value is -7.89. The third-order valence-electron chi connectivity index (χ3n) is 15.2. The number of pyridine rings is 1. The van der Waals surface area contributed by atoms with Crippen molar-refractivity contribution >= 4 is 44.6 Å². The van der Waals surface area contributed by atoms with E-state index in [4.69, 9.17) is 9.72 Å². The lowest BCUT2D eigenvalue weighted by molar-refractivity contribution is 0.480. The molecule has 0 atom stereocenters. The Morgan fingerprint density at radius 3 is 1.66 bits per heavy atom. The Morgan fingerprint density at radius 2 is 0.986 bits per heavy atom. The van der Waals surface area contributed by atoms with Crippen LogP contribution in [-0.2, 0) is 21.7 Å². The van der Waals surface area contributed by atoms with Gasteiger partial charge in [-0.25, -0.2) is 4.98 Å². The summed E-state index contributed by atoms with van der Waals surface area (Å²) in [6.45, 7) is 25.9. The number of anilines is 4. The third-order valence-corrected chi connectivity index (χ3v) is 15.2. The van der Waals surface area contributed by atoms with E-state index in [0.29, 0.717) is 6.67 Å². The molecule has 370 valence electrons. The van der Waals surface area contributed by atoms with Gasteiger partial charge in [0, 0.05) is 45.9 Å². The lowest BCUT2D eigenvalue weighted by atomic mass is 9.78. The molecule has 0 aliphatic carbocycles. The standard InChI is InChI=1S/C69H68N4O/c1-66(2,3)51-28-32-62-64(41-51)72(55-36-49(47-23-17-13-18-24-47)35-53(38-55)68(7,8)9)45-71(62)56-39-54(69(10,11)50-25-19-14-20-26-50)40-58(43-56)74-57-29-30-59-60-37-48(46-21-15-12-16-22-46)27-31-61(60)73(63(59)44-57)65-42-52(33-34-70-65)67(4,5)6/h12-44H,45H2,1-11H3. The Bertz CT molecular complexity index is 3700. The molecule has 1 aliphatic heterocycles. The van der Waals surface area contributed by atoms with Crippen molar-refractivity contribution in [2.24, 2.45) is 0 Å². The molecule has 74 heavy (non-hydrogen) atoms. The van der Waals surface area contributed by atoms with E-state index < -0.39 is 0 Å². The largest absolute Gasteiger partial charge is 0.457 e. The van der Waals surface area contributed by atoms with Crippen molar-refractivity contribution < 1.29 is 4.74 Å². The molecule has 0 saturated heterocycles. The highest BCUT2D eigenvalue weighted by Gasteiger charge is 2.33. The van der Waals surface area contributed by atoms with Crippen LogP contribution in [0.25, 0.3) is 49.9 Å². The zero-order valence-electron chi connectivity index (χ0n) is 45.0. The molecular formula is C69H68N4O. The van der Waals surface area contributed by atoms with E-state index in [1.54, 1.807) is 0 Å². The maximum Gasteiger partial charge on any atom is 0.137 e. The molecule has 5 heteroatoms. The van der Waals surface area contributed by atoms with Crippen molar-refractivity contribution in [2.45, 2.75) is 97.8 Å². The second kappa shape index (κ2) is 18.2. The molecule has 10 aromatic rings. The van der Waals surface area contributed by atoms with Crippen molar-refractivity contribution in [2.75, 3.05) is 16.5 Å². The summed E-state index contributed by atoms with van der Waals surface area (Å²) in [4.78, 5) is 10.0. The zero-order valence-corrected chi connectivity index (χ0v) is 45.0. The average Bonchev–Trinajstić information content (AvgIpc) is 3.94. The van der Waals surface area contributed by atoms with Gasteiger partial charge in [0.2, 0.25) is 0 Å². The first kappa shape index (κ1) is 48.4. The molecular weight excluding hydrogens is 901 g/mol. The lowest BCUT2D eigenvalue weighted by Gasteiger charge is -2.29. The molecule has 2 aromatic heterocycles. The molecule has 0 fully saturated rings. The van der Waals surface area contributed by atoms with Gasteiger partial charge in [-0.3, -0.25) is 4.57 Å². The second-order valence-corrected chi connectivity index (χ2v) is 23.9. The van der Waals surface area contributed by atoms with Gasteiger partial charge in [-0.15, -0.1) is 0 Å². The van der Waals surface area contributed by atoms with Gasteiger partial charge < -0.3 is 14.5 Å². The Kier molecular flexibility index (Phi) is 11.9. The molecule has 8 aromatic carbocycles. The number of rotatable bonds is 9. The quantitative estimate of drug-likeness (QED) is 0.144. The van der Waals surface area contributed by atoms with Crippen LogP contribution in [0.3, 0.4) is 0 Å². The molecule has 11 rings (SSSR count). The number of hydrogen-bond donors (Lipinski definition) is 0. The molecule has 0 amide bonds. The molecule has 0 spiro atoms. The Balaban J connectivity index is 1.07. The Labute approximate surface area is 438 Å². The zero-order chi connectivity index (χ0) is 51.7. The third kappa shape index (κ3) is 9.14. The minimum atomic E-state index is -0.351. The van der Waals surface area contributed by atoms with Crippen molar-refractivity contribution in [3.8, 4) is 39.6 Å². The van der Waals surface area contributed by atoms with Crippen LogP contribution >= 0.6 is 0 Å². The van der Waals surface area contributed by atoms with Crippen molar-refractivity contribution in [1.82, 2.24) is 9.55 Å². The molecule has 0 N–H and O–H groups in total. The van der Waals surface area contributed by atoms with Crippen LogP contribution in [0.4, 0.5) is 22.7 Å². The second-order valence-electron chi connectivity index (χ2n) is 23.9. The lowest BCUT2D eigenvalue weighted by Crippen LogP contribution is -2.25. The van der Waals surface area contributed by atoms with E-state index in [9.17, 15) is 0 Å². The predicted molar refractivity (Wildman–Crippen MR) is 313 cm³/mol. The number of fused-ring (bicyclic) bond motifs is 4. The molecule has 0 unspecified atom stereocenters. The maximum absolute atomic E-state index is 7.22. The van der Waals surface area contributed by atoms with Gasteiger partial charge in [0.25, 0.3) is 0 Å². The van der Waals surface area contributed by atoms with Crippen molar-refractivity contribution in [3.05, 3.63) is 228 Å². The summed E-state index contributed by atoms with van der Waals surface area (Å²) in [6.07, 6.45) is 1.94. The number of nitrogens with zero attached hydrogens (tertiary/aromatic N) is 4. The topological polar surface area (TPSA) is 33.5 Å². The van der Waals surface area contributed by atoms with Crippen molar-refractivity contribution in [1.29, 1.82) is 0 Å². The maximum atomic E-state index is 7.22. The molecule has 0 radical (unpaired) electrons. The first-order chi connectivity index (χ1) is 35.3. The van der Waals surface area contributed by atoms with Crippen LogP contribution in [0.15, 0.2) is 200 Å². The Morgan fingerprint density at radius 1 is 0.378 bits per heavy atom. The first-order valence-electron chi connectivity index (χ1n) is 26.2. The van der Waals surface area contributed by atoms with Crippen LogP contribution in [0.2, 0.25) is 0 Å². The highest BCUT2D eigenvalue weighted by Crippen LogP contribution is 2.50. The average molecular weight is 969 g/mol. The normalized spacial score (nSPS) is 13.2. The van der Waals surface area contributed by atoms with Crippen LogP contribution in [0, 0.1) is 0 Å². The summed E-state index contributed by atoms with van der Waals surface area (Å²) in [7, 11) is 0. The van der Waals surface area contributed by atoms with Gasteiger partial charge in [-0.05, 0) is 139 Å². The van der Waals surface area contributed by atoms with E-state index in [2.05, 4.69) is 285 Å². The van der Waals surface area contributed by atoms with Crippen LogP contribution in [0.5, 0.6) is 11.5 Å². The number of benzene rings is 8. The monoisotopic (exact) mass is 969 g/mol. The van der Waals surface area contributed by atoms with Gasteiger partial charge in [-0.1, -0.05) is 185 Å². The molecule has 1 aliphatic rings. The fourth-order valence-electron chi connectivity index (χ4n) is 10.6. The SMILES string of the molecule is CC(C)(C)c1cc(-c2ccccc2)cc(N2CN(c3cc(Oc4ccc5c6cc(-c7ccccc7)ccc6n(-c6cc(C(C)(C)C)ccn6)c5c4)cc(C(C)(C)c4ccccc4)c3)c3ccc(C(C)(C)C)cc32)c1. The van der Waals surface area contributed by atoms with E-state index in [1.165, 1.54) is 61.3 Å². The van der Waals surface area contributed by atoms with Gasteiger partial charge in [0.05, 0.1) is 22.4 Å². The number of aromatic nitrogens is 2. The number of ether oxygens (including phenoxy) is 1. The van der Waals surface area contributed by atoms with Crippen LogP contribution < -0.4 is 14.5 Å². The summed E-state index contributed by atoms with van der Waals surface area (Å²) < 4.78 is 9.53. The number of hydrogen-bond acceptors (Lipinski definition) is 4. The summed E-state index contributed by atoms with van der Waals surface area (Å²) in [5, 5.41) is 2.31. The van der Waals surface area contributed by atoms with Crippen molar-refractivity contribution in [3.63, 3.8) is 0 Å². The van der Waals surface area contributed by atoms with E-state index in [-0.39, 0.29) is 21.7 Å². The fraction of sp³-hybridized carbons (Fsp3) is 0.232. The predicted octanol–water partition coefficient (Wildman–Crippen LogP) is 18.8. The van der Waals surface area contributed by atoms with E-state index in [1.807, 2.05) is 6.20 Å². The van der Waals surface area contributed by atoms with E-state index >= 15 is 0 Å². The van der Waals surface area contributed by atoms with E-state index in [0.717, 1.165) is 50.7 Å². The minimum absolute atomic E-state index is 0.0420. The van der Waals surface area contributed by atoms with Gasteiger partial charge in [0.1, 0.15) is 24.0 Å². The van der Waals surface area contributed by atoms with Gasteiger partial charge >= 0.3 is 0 Å². The summed E-state index contributed by atoms with van der Waals surface area (Å²) in [5.41, 5.74) is 17.2. The highest BCUT2D eigenvalue weighted by atomic mass is 16.5. The van der Waals surface area contributed by atoms with Crippen LogP contribution in [0.1, 0.15) is 104 Å². The highest BCUT2D eigenvalue weighted by molar-refractivity contribution is 6.10. The molecule has 5 nitrogen and oxygen atoms in total. The summed E-state index contributed by atoms with van der Waals surface area (Å²) in [6, 6.07) is 71.0. The smallest absolute Gasteiger partial charge is 0.137 e. The molecule has 0 saturated carbocycles. The summed E-state index contributed by atoms with van der Waals surface area (Å²) >= 11 is 0. The fourth-order valence-corrected chi connectivity index (χ4v) is 10.6. The van der Waals surface area contributed by atoms with Gasteiger partial charge in [0.15, 0.2) is 0 Å². The molecule has 3 heterocycles. The summed E-state index contributed by atoms with van der Waals surface area (Å²) in [5.74, 6) is 2.41.